The minimum absolute atomic E-state index is 0.0769. The van der Waals surface area contributed by atoms with Crippen LogP contribution in [0.4, 0.5) is 5.82 Å². The maximum Gasteiger partial charge on any atom is 0.306 e. The van der Waals surface area contributed by atoms with Crippen molar-refractivity contribution in [2.45, 2.75) is 31.2 Å². The fourth-order valence-corrected chi connectivity index (χ4v) is 8.03. The first kappa shape index (κ1) is 21.6. The second kappa shape index (κ2) is 7.39. The van der Waals surface area contributed by atoms with E-state index in [0.717, 1.165) is 21.2 Å². The Morgan fingerprint density at radius 1 is 1.22 bits per heavy atom. The van der Waals surface area contributed by atoms with Crippen molar-refractivity contribution in [2.24, 2.45) is 5.92 Å². The molecule has 13 heteroatoms. The summed E-state index contributed by atoms with van der Waals surface area (Å²) in [7, 11) is -5.86. The minimum atomic E-state index is -4.02. The zero-order chi connectivity index (χ0) is 22.7. The van der Waals surface area contributed by atoms with Gasteiger partial charge in [-0.15, -0.1) is 0 Å². The molecule has 2 saturated heterocycles. The van der Waals surface area contributed by atoms with Gasteiger partial charge in [-0.05, 0) is 31.7 Å². The lowest BCUT2D eigenvalue weighted by atomic mass is 10.0. The molecule has 0 atom stereocenters. The molecule has 3 fully saturated rings. The number of sulfone groups is 1. The van der Waals surface area contributed by atoms with Gasteiger partial charge in [0, 0.05) is 38.8 Å². The smallest absolute Gasteiger partial charge is 0.306 e. The molecule has 0 aromatic carbocycles. The minimum Gasteiger partial charge on any atom is -0.353 e. The molecular formula is C19H26N6O5S2. The number of aromatic amines is 1. The Hall–Kier alpha value is -2.25. The number of nitrogens with one attached hydrogen (secondary N) is 1. The number of hydrogen-bond donors (Lipinski definition) is 1. The van der Waals surface area contributed by atoms with Gasteiger partial charge >= 0.3 is 10.2 Å². The van der Waals surface area contributed by atoms with Crippen molar-refractivity contribution in [3.05, 3.63) is 18.6 Å². The number of carbonyl (C=O) groups excluding carboxylic acids is 1. The van der Waals surface area contributed by atoms with Crippen LogP contribution in [0.5, 0.6) is 0 Å². The molecule has 0 radical (unpaired) electrons. The van der Waals surface area contributed by atoms with E-state index in [1.54, 1.807) is 6.20 Å². The Morgan fingerprint density at radius 3 is 2.62 bits per heavy atom. The van der Waals surface area contributed by atoms with Crippen molar-refractivity contribution in [1.82, 2.24) is 23.6 Å². The van der Waals surface area contributed by atoms with Crippen LogP contribution in [0.2, 0.25) is 0 Å². The highest BCUT2D eigenvalue weighted by Gasteiger charge is 2.57. The molecule has 3 aliphatic rings. The van der Waals surface area contributed by atoms with Crippen molar-refractivity contribution in [3.8, 4) is 0 Å². The van der Waals surface area contributed by atoms with Gasteiger partial charge in [0.1, 0.15) is 27.6 Å². The van der Waals surface area contributed by atoms with Gasteiger partial charge in [-0.2, -0.15) is 12.7 Å². The number of amides is 1. The van der Waals surface area contributed by atoms with Crippen LogP contribution in [0.15, 0.2) is 18.6 Å². The largest absolute Gasteiger partial charge is 0.353 e. The summed E-state index contributed by atoms with van der Waals surface area (Å²) in [6.07, 6.45) is 5.06. The number of rotatable bonds is 4. The van der Waals surface area contributed by atoms with Gasteiger partial charge in [-0.1, -0.05) is 0 Å². The maximum absolute atomic E-state index is 13.4. The monoisotopic (exact) mass is 482 g/mol. The third kappa shape index (κ3) is 3.55. The van der Waals surface area contributed by atoms with E-state index in [4.69, 9.17) is 0 Å². The van der Waals surface area contributed by atoms with Gasteiger partial charge < -0.3 is 9.88 Å². The van der Waals surface area contributed by atoms with E-state index in [0.29, 0.717) is 25.9 Å². The number of hydrogen-bond acceptors (Lipinski definition) is 8. The fraction of sp³-hybridized carbons (Fsp3) is 0.632. The average Bonchev–Trinajstić information content (AvgIpc) is 3.33. The van der Waals surface area contributed by atoms with E-state index in [1.807, 2.05) is 6.07 Å². The molecule has 1 amide bonds. The zero-order valence-corrected chi connectivity index (χ0v) is 19.4. The SMILES string of the molecule is CN(C(=O)C1CCS(=O)(=O)CC1)S(=O)(=O)N1CCN(c2ncnc3[nH]ccc23)CC12CC2. The number of anilines is 1. The van der Waals surface area contributed by atoms with Crippen LogP contribution in [0, 0.1) is 5.92 Å². The molecule has 2 aliphatic heterocycles. The summed E-state index contributed by atoms with van der Waals surface area (Å²) in [5.74, 6) is -0.494. The molecule has 4 heterocycles. The van der Waals surface area contributed by atoms with Crippen LogP contribution in [0.1, 0.15) is 25.7 Å². The van der Waals surface area contributed by atoms with Crippen molar-refractivity contribution >= 4 is 42.8 Å². The third-order valence-electron chi connectivity index (χ3n) is 6.89. The molecule has 1 saturated carbocycles. The number of nitrogens with zero attached hydrogens (tertiary/aromatic N) is 5. The molecular weight excluding hydrogens is 456 g/mol. The van der Waals surface area contributed by atoms with Gasteiger partial charge in [-0.25, -0.2) is 22.7 Å². The first-order valence-corrected chi connectivity index (χ1v) is 13.9. The molecule has 0 bridgehead atoms. The first-order valence-electron chi connectivity index (χ1n) is 10.7. The lowest BCUT2D eigenvalue weighted by Gasteiger charge is -2.43. The molecule has 1 N–H and O–H groups in total. The summed E-state index contributed by atoms with van der Waals surface area (Å²) in [6.45, 7) is 1.18. The first-order chi connectivity index (χ1) is 15.1. The Balaban J connectivity index is 1.34. The molecule has 11 nitrogen and oxygen atoms in total. The molecule has 2 aromatic heterocycles. The molecule has 1 aliphatic carbocycles. The van der Waals surface area contributed by atoms with Crippen LogP contribution in [-0.2, 0) is 24.8 Å². The van der Waals surface area contributed by atoms with Gasteiger partial charge in [0.2, 0.25) is 5.91 Å². The van der Waals surface area contributed by atoms with E-state index in [1.165, 1.54) is 17.7 Å². The molecule has 174 valence electrons. The fourth-order valence-electron chi connectivity index (χ4n) is 4.82. The summed E-state index contributed by atoms with van der Waals surface area (Å²) in [4.78, 5) is 26.7. The van der Waals surface area contributed by atoms with E-state index in [9.17, 15) is 21.6 Å². The zero-order valence-electron chi connectivity index (χ0n) is 17.8. The molecule has 1 spiro atoms. The Kier molecular flexibility index (Phi) is 4.98. The summed E-state index contributed by atoms with van der Waals surface area (Å²) < 4.78 is 52.5. The van der Waals surface area contributed by atoms with E-state index < -0.39 is 37.4 Å². The number of aromatic nitrogens is 3. The summed E-state index contributed by atoms with van der Waals surface area (Å²) >= 11 is 0. The summed E-state index contributed by atoms with van der Waals surface area (Å²) in [6, 6.07) is 1.91. The van der Waals surface area contributed by atoms with Gasteiger partial charge in [-0.3, -0.25) is 4.79 Å². The second-order valence-corrected chi connectivity index (χ2v) is 13.1. The number of H-pyrrole nitrogens is 1. The van der Waals surface area contributed by atoms with E-state index in [2.05, 4.69) is 19.9 Å². The molecule has 5 rings (SSSR count). The Bertz CT molecular complexity index is 1260. The highest BCUT2D eigenvalue weighted by Crippen LogP contribution is 2.47. The van der Waals surface area contributed by atoms with Gasteiger partial charge in [0.25, 0.3) is 0 Å². The van der Waals surface area contributed by atoms with Crippen LogP contribution < -0.4 is 4.90 Å². The topological polar surface area (TPSA) is 137 Å². The van der Waals surface area contributed by atoms with Gasteiger partial charge in [0.15, 0.2) is 0 Å². The number of piperazine rings is 1. The van der Waals surface area contributed by atoms with Crippen molar-refractivity contribution in [3.63, 3.8) is 0 Å². The highest BCUT2D eigenvalue weighted by molar-refractivity contribution is 7.91. The normalized spacial score (nSPS) is 23.5. The quantitative estimate of drug-likeness (QED) is 0.650. The molecule has 2 aromatic rings. The Labute approximate surface area is 186 Å². The lowest BCUT2D eigenvalue weighted by molar-refractivity contribution is -0.130. The second-order valence-electron chi connectivity index (χ2n) is 8.89. The van der Waals surface area contributed by atoms with E-state index in [-0.39, 0.29) is 30.9 Å². The van der Waals surface area contributed by atoms with Crippen molar-refractivity contribution in [2.75, 3.05) is 43.1 Å². The average molecular weight is 483 g/mol. The number of fused-ring (bicyclic) bond motifs is 1. The van der Waals surface area contributed by atoms with Crippen molar-refractivity contribution < 1.29 is 21.6 Å². The van der Waals surface area contributed by atoms with Crippen LogP contribution >= 0.6 is 0 Å². The predicted octanol–water partition coefficient (Wildman–Crippen LogP) is 0.141. The summed E-state index contributed by atoms with van der Waals surface area (Å²) in [5.41, 5.74) is 0.171. The van der Waals surface area contributed by atoms with Gasteiger partial charge in [0.05, 0.1) is 22.4 Å². The maximum atomic E-state index is 13.4. The summed E-state index contributed by atoms with van der Waals surface area (Å²) in [5, 5.41) is 0.888. The van der Waals surface area contributed by atoms with Crippen molar-refractivity contribution in [1.29, 1.82) is 0 Å². The third-order valence-corrected chi connectivity index (χ3v) is 10.6. The van der Waals surface area contributed by atoms with Crippen LogP contribution in [-0.4, -0.2) is 90.0 Å². The lowest BCUT2D eigenvalue weighted by Crippen LogP contribution is -2.60. The predicted molar refractivity (Wildman–Crippen MR) is 118 cm³/mol. The van der Waals surface area contributed by atoms with Crippen LogP contribution in [0.3, 0.4) is 0 Å². The highest BCUT2D eigenvalue weighted by atomic mass is 32.2. The van der Waals surface area contributed by atoms with Crippen LogP contribution in [0.25, 0.3) is 11.0 Å². The Morgan fingerprint density at radius 2 is 1.94 bits per heavy atom. The molecule has 0 unspecified atom stereocenters. The number of carbonyl (C=O) groups is 1. The standard InChI is InChI=1S/C19H26N6O5S2/c1-23(18(26)14-3-10-31(27,28)11-4-14)32(29,30)25-9-8-24(12-19(25)5-6-19)17-15-2-7-20-16(15)21-13-22-17/h2,7,13-14H,3-6,8-12H2,1H3,(H,20,21,22). The molecule has 32 heavy (non-hydrogen) atoms. The van der Waals surface area contributed by atoms with E-state index >= 15 is 0 Å².